The molecule has 0 spiro atoms. The molecule has 0 bridgehead atoms. The van der Waals surface area contributed by atoms with Crippen LogP contribution in [0, 0.1) is 0 Å². The molecule has 2 heterocycles. The fourth-order valence-corrected chi connectivity index (χ4v) is 2.49. The highest BCUT2D eigenvalue weighted by Crippen LogP contribution is 2.20. The van der Waals surface area contributed by atoms with E-state index in [1.54, 1.807) is 12.4 Å². The molecule has 0 aliphatic carbocycles. The lowest BCUT2D eigenvalue weighted by Crippen LogP contribution is -2.02. The Labute approximate surface area is 109 Å². The van der Waals surface area contributed by atoms with Gasteiger partial charge in [-0.3, -0.25) is 9.67 Å². The molecule has 0 atom stereocenters. The molecule has 0 aliphatic heterocycles. The van der Waals surface area contributed by atoms with Crippen LogP contribution in [0.5, 0.6) is 0 Å². The molecule has 0 amide bonds. The van der Waals surface area contributed by atoms with Crippen LogP contribution in [-0.2, 0) is 6.54 Å². The van der Waals surface area contributed by atoms with Crippen LogP contribution in [0.2, 0.25) is 5.02 Å². The predicted octanol–water partition coefficient (Wildman–Crippen LogP) is 3.50. The average Bonchev–Trinajstić information content (AvgIpc) is 2.49. The summed E-state index contributed by atoms with van der Waals surface area (Å²) in [6.45, 7) is 0.619. The zero-order valence-corrected chi connectivity index (χ0v) is 11.4. The van der Waals surface area contributed by atoms with E-state index in [1.807, 2.05) is 16.8 Å². The third kappa shape index (κ3) is 2.59. The number of aromatic nitrogens is 3. The first-order valence-corrected chi connectivity index (χ1v) is 6.10. The molecule has 0 fully saturated rings. The van der Waals surface area contributed by atoms with Gasteiger partial charge in [-0.05, 0) is 43.5 Å². The van der Waals surface area contributed by atoms with Gasteiger partial charge in [-0.15, -0.1) is 0 Å². The van der Waals surface area contributed by atoms with Gasteiger partial charge in [-0.25, -0.2) is 0 Å². The summed E-state index contributed by atoms with van der Waals surface area (Å²) in [5.74, 6) is 0. The van der Waals surface area contributed by atoms with Crippen LogP contribution in [0.4, 0.5) is 0 Å². The molecule has 2 rings (SSSR count). The highest BCUT2D eigenvalue weighted by atomic mass is 79.9. The molecule has 0 aliphatic rings. The first-order chi connectivity index (χ1) is 7.16. The first-order valence-electron chi connectivity index (χ1n) is 4.14. The van der Waals surface area contributed by atoms with Gasteiger partial charge in [0.15, 0.2) is 0 Å². The van der Waals surface area contributed by atoms with Crippen LogP contribution in [0.15, 0.2) is 33.7 Å². The second-order valence-electron chi connectivity index (χ2n) is 2.91. The van der Waals surface area contributed by atoms with Gasteiger partial charge in [0.2, 0.25) is 0 Å². The molecule has 0 aromatic carbocycles. The van der Waals surface area contributed by atoms with Gasteiger partial charge in [0, 0.05) is 18.5 Å². The van der Waals surface area contributed by atoms with Crippen LogP contribution in [0.1, 0.15) is 5.56 Å². The van der Waals surface area contributed by atoms with Crippen molar-refractivity contribution < 1.29 is 0 Å². The van der Waals surface area contributed by atoms with Crippen molar-refractivity contribution in [2.45, 2.75) is 6.54 Å². The van der Waals surface area contributed by atoms with E-state index in [9.17, 15) is 0 Å². The van der Waals surface area contributed by atoms with Crippen molar-refractivity contribution in [2.24, 2.45) is 0 Å². The summed E-state index contributed by atoms with van der Waals surface area (Å²) in [5, 5.41) is 4.90. The van der Waals surface area contributed by atoms with E-state index >= 15 is 0 Å². The Hall–Kier alpha value is -0.390. The standard InChI is InChI=1S/C9H6Br2ClN3/c10-8-3-9(11)15(14-8)5-6-1-2-13-4-7(6)12/h1-4H,5H2. The lowest BCUT2D eigenvalue weighted by Gasteiger charge is -2.04. The molecule has 2 aromatic rings. The smallest absolute Gasteiger partial charge is 0.129 e. The van der Waals surface area contributed by atoms with E-state index in [1.165, 1.54) is 0 Å². The Balaban J connectivity index is 2.29. The monoisotopic (exact) mass is 349 g/mol. The number of halogens is 3. The van der Waals surface area contributed by atoms with Crippen LogP contribution < -0.4 is 0 Å². The SMILES string of the molecule is Clc1cnccc1Cn1nc(Br)cc1Br. The van der Waals surface area contributed by atoms with E-state index in [-0.39, 0.29) is 0 Å². The Morgan fingerprint density at radius 1 is 1.40 bits per heavy atom. The molecule has 0 saturated carbocycles. The lowest BCUT2D eigenvalue weighted by atomic mass is 10.3. The Bertz CT molecular complexity index is 484. The van der Waals surface area contributed by atoms with Crippen molar-refractivity contribution in [3.8, 4) is 0 Å². The zero-order chi connectivity index (χ0) is 10.8. The molecule has 15 heavy (non-hydrogen) atoms. The molecule has 3 nitrogen and oxygen atoms in total. The summed E-state index contributed by atoms with van der Waals surface area (Å²) in [6, 6.07) is 3.76. The molecule has 0 unspecified atom stereocenters. The van der Waals surface area contributed by atoms with Gasteiger partial charge in [-0.2, -0.15) is 5.10 Å². The summed E-state index contributed by atoms with van der Waals surface area (Å²) in [5.41, 5.74) is 0.989. The fraction of sp³-hybridized carbons (Fsp3) is 0.111. The molecule has 0 radical (unpaired) electrons. The van der Waals surface area contributed by atoms with Crippen molar-refractivity contribution in [3.05, 3.63) is 44.3 Å². The van der Waals surface area contributed by atoms with Gasteiger partial charge < -0.3 is 0 Å². The van der Waals surface area contributed by atoms with E-state index in [0.29, 0.717) is 11.6 Å². The highest BCUT2D eigenvalue weighted by molar-refractivity contribution is 9.11. The maximum atomic E-state index is 6.00. The lowest BCUT2D eigenvalue weighted by molar-refractivity contribution is 0.666. The number of rotatable bonds is 2. The largest absolute Gasteiger partial charge is 0.263 e. The van der Waals surface area contributed by atoms with Gasteiger partial charge in [-0.1, -0.05) is 11.6 Å². The minimum absolute atomic E-state index is 0.619. The molecular formula is C9H6Br2ClN3. The van der Waals surface area contributed by atoms with E-state index in [4.69, 9.17) is 11.6 Å². The molecule has 2 aromatic heterocycles. The fourth-order valence-electron chi connectivity index (χ4n) is 1.17. The number of pyridine rings is 1. The quantitative estimate of drug-likeness (QED) is 0.829. The predicted molar refractivity (Wildman–Crippen MR) is 66.0 cm³/mol. The Morgan fingerprint density at radius 3 is 2.80 bits per heavy atom. The first kappa shape index (κ1) is 11.1. The summed E-state index contributed by atoms with van der Waals surface area (Å²) in [7, 11) is 0. The summed E-state index contributed by atoms with van der Waals surface area (Å²) < 4.78 is 3.51. The maximum absolute atomic E-state index is 6.00. The Morgan fingerprint density at radius 2 is 2.20 bits per heavy atom. The van der Waals surface area contributed by atoms with E-state index in [2.05, 4.69) is 41.9 Å². The average molecular weight is 351 g/mol. The van der Waals surface area contributed by atoms with Crippen molar-refractivity contribution in [1.82, 2.24) is 14.8 Å². The minimum atomic E-state index is 0.619. The molecular weight excluding hydrogens is 345 g/mol. The van der Waals surface area contributed by atoms with E-state index < -0.39 is 0 Å². The second-order valence-corrected chi connectivity index (χ2v) is 4.95. The van der Waals surface area contributed by atoms with Crippen molar-refractivity contribution in [2.75, 3.05) is 0 Å². The van der Waals surface area contributed by atoms with Gasteiger partial charge in [0.25, 0.3) is 0 Å². The van der Waals surface area contributed by atoms with Crippen LogP contribution in [0.3, 0.4) is 0 Å². The third-order valence-corrected chi connectivity index (χ3v) is 3.24. The number of hydrogen-bond acceptors (Lipinski definition) is 2. The van der Waals surface area contributed by atoms with E-state index in [0.717, 1.165) is 14.8 Å². The maximum Gasteiger partial charge on any atom is 0.129 e. The minimum Gasteiger partial charge on any atom is -0.263 e. The van der Waals surface area contributed by atoms with Gasteiger partial charge in [0.05, 0.1) is 11.6 Å². The topological polar surface area (TPSA) is 30.7 Å². The van der Waals surface area contributed by atoms with Crippen LogP contribution >= 0.6 is 43.5 Å². The summed E-state index contributed by atoms with van der Waals surface area (Å²) in [4.78, 5) is 3.93. The van der Waals surface area contributed by atoms with Crippen LogP contribution in [-0.4, -0.2) is 14.8 Å². The second kappa shape index (κ2) is 4.63. The zero-order valence-electron chi connectivity index (χ0n) is 7.49. The van der Waals surface area contributed by atoms with Crippen LogP contribution in [0.25, 0.3) is 0 Å². The molecule has 0 saturated heterocycles. The normalized spacial score (nSPS) is 10.6. The van der Waals surface area contributed by atoms with Gasteiger partial charge >= 0.3 is 0 Å². The Kier molecular flexibility index (Phi) is 3.43. The summed E-state index contributed by atoms with van der Waals surface area (Å²) in [6.07, 6.45) is 3.34. The summed E-state index contributed by atoms with van der Waals surface area (Å²) >= 11 is 12.7. The van der Waals surface area contributed by atoms with Gasteiger partial charge in [0.1, 0.15) is 9.21 Å². The molecule has 78 valence electrons. The molecule has 6 heteroatoms. The number of nitrogens with zero attached hydrogens (tertiary/aromatic N) is 3. The molecule has 0 N–H and O–H groups in total. The number of hydrogen-bond donors (Lipinski definition) is 0. The van der Waals surface area contributed by atoms with Crippen molar-refractivity contribution in [1.29, 1.82) is 0 Å². The van der Waals surface area contributed by atoms with Crippen molar-refractivity contribution >= 4 is 43.5 Å². The third-order valence-electron chi connectivity index (χ3n) is 1.88. The van der Waals surface area contributed by atoms with Crippen molar-refractivity contribution in [3.63, 3.8) is 0 Å². The highest BCUT2D eigenvalue weighted by Gasteiger charge is 2.06.